The zero-order chi connectivity index (χ0) is 21.7. The molecule has 0 saturated carbocycles. The molecule has 2 aromatic rings. The maximum absolute atomic E-state index is 11.5. The normalized spacial score (nSPS) is 15.7. The minimum absolute atomic E-state index is 0.0515. The fourth-order valence-electron chi connectivity index (χ4n) is 3.74. The first kappa shape index (κ1) is 21.9. The molecule has 160 valence electrons. The van der Waals surface area contributed by atoms with Crippen LogP contribution in [0.4, 0.5) is 5.69 Å². The molecule has 6 heteroatoms. The number of hydrogen-bond acceptors (Lipinski definition) is 6. The molecule has 0 unspecified atom stereocenters. The molecule has 1 aliphatic rings. The lowest BCUT2D eigenvalue weighted by molar-refractivity contribution is -0.120. The number of carbonyl (C=O) groups excluding carboxylic acids is 2. The van der Waals surface area contributed by atoms with Gasteiger partial charge < -0.3 is 14.4 Å². The van der Waals surface area contributed by atoms with Crippen LogP contribution in [0.15, 0.2) is 24.5 Å². The molecule has 1 aliphatic heterocycles. The molecule has 0 amide bonds. The summed E-state index contributed by atoms with van der Waals surface area (Å²) in [6, 6.07) is 3.72. The fraction of sp³-hybridized carbons (Fsp3) is 0.500. The predicted octanol–water partition coefficient (Wildman–Crippen LogP) is 4.18. The summed E-state index contributed by atoms with van der Waals surface area (Å²) >= 11 is 0. The molecule has 0 spiro atoms. The number of ether oxygens (including phenoxy) is 1. The summed E-state index contributed by atoms with van der Waals surface area (Å²) in [5.74, 6) is 0.616. The molecule has 0 aliphatic carbocycles. The lowest BCUT2D eigenvalue weighted by Gasteiger charge is -2.40. The Labute approximate surface area is 178 Å². The number of anilines is 1. The van der Waals surface area contributed by atoms with Crippen molar-refractivity contribution >= 4 is 17.8 Å². The number of aromatic nitrogens is 2. The van der Waals surface area contributed by atoms with Crippen LogP contribution in [0.3, 0.4) is 0 Å². The van der Waals surface area contributed by atoms with Gasteiger partial charge >= 0.3 is 0 Å². The Kier molecular flexibility index (Phi) is 6.85. The highest BCUT2D eigenvalue weighted by Gasteiger charge is 2.29. The van der Waals surface area contributed by atoms with Crippen LogP contribution in [0.2, 0.25) is 0 Å². The second kappa shape index (κ2) is 9.37. The largest absolute Gasteiger partial charge is 0.484 e. The maximum Gasteiger partial charge on any atom is 0.169 e. The SMILES string of the molecule is CCC(=O)COc1ccc(-c2cnc(C)c(CC=O)c2N2CCC(C)(C)CC2)nc1. The lowest BCUT2D eigenvalue weighted by Crippen LogP contribution is -2.38. The van der Waals surface area contributed by atoms with Crippen LogP contribution >= 0.6 is 0 Å². The van der Waals surface area contributed by atoms with Crippen molar-refractivity contribution in [3.63, 3.8) is 0 Å². The third-order valence-electron chi connectivity index (χ3n) is 5.89. The van der Waals surface area contributed by atoms with E-state index in [9.17, 15) is 9.59 Å². The summed E-state index contributed by atoms with van der Waals surface area (Å²) in [6.45, 7) is 10.3. The molecule has 0 bridgehead atoms. The smallest absolute Gasteiger partial charge is 0.169 e. The highest BCUT2D eigenvalue weighted by Crippen LogP contribution is 2.39. The summed E-state index contributed by atoms with van der Waals surface area (Å²) in [4.78, 5) is 34.4. The standard InChI is InChI=1S/C24H31N3O3/c1-5-18(29)16-30-19-6-7-22(26-14-19)21-15-25-17(2)20(8-13-28)23(21)27-11-9-24(3,4)10-12-27/h6-7,13-15H,5,8-12,16H2,1-4H3. The van der Waals surface area contributed by atoms with Crippen molar-refractivity contribution in [2.75, 3.05) is 24.6 Å². The Morgan fingerprint density at radius 2 is 1.93 bits per heavy atom. The van der Waals surface area contributed by atoms with E-state index in [4.69, 9.17) is 4.74 Å². The van der Waals surface area contributed by atoms with E-state index in [0.29, 0.717) is 24.0 Å². The number of Topliss-reactive ketones (excluding diaryl/α,β-unsaturated/α-hetero) is 1. The van der Waals surface area contributed by atoms with Gasteiger partial charge in [-0.15, -0.1) is 0 Å². The van der Waals surface area contributed by atoms with Gasteiger partial charge in [0.15, 0.2) is 5.78 Å². The van der Waals surface area contributed by atoms with E-state index < -0.39 is 0 Å². The molecule has 0 atom stereocenters. The van der Waals surface area contributed by atoms with Gasteiger partial charge in [-0.1, -0.05) is 20.8 Å². The molecular weight excluding hydrogens is 378 g/mol. The zero-order valence-corrected chi connectivity index (χ0v) is 18.4. The van der Waals surface area contributed by atoms with Crippen LogP contribution in [0.1, 0.15) is 51.3 Å². The van der Waals surface area contributed by atoms with Gasteiger partial charge in [-0.05, 0) is 37.3 Å². The molecule has 1 saturated heterocycles. The monoisotopic (exact) mass is 409 g/mol. The molecule has 6 nitrogen and oxygen atoms in total. The van der Waals surface area contributed by atoms with E-state index in [1.165, 1.54) is 0 Å². The minimum Gasteiger partial charge on any atom is -0.484 e. The number of aldehydes is 1. The third-order valence-corrected chi connectivity index (χ3v) is 5.89. The third kappa shape index (κ3) is 5.04. The van der Waals surface area contributed by atoms with Gasteiger partial charge in [-0.2, -0.15) is 0 Å². The topological polar surface area (TPSA) is 72.4 Å². The van der Waals surface area contributed by atoms with Crippen LogP contribution in [0.25, 0.3) is 11.3 Å². The Hall–Kier alpha value is -2.76. The summed E-state index contributed by atoms with van der Waals surface area (Å²) in [5.41, 5.74) is 4.95. The molecule has 3 rings (SSSR count). The van der Waals surface area contributed by atoms with E-state index in [0.717, 1.165) is 60.4 Å². The summed E-state index contributed by atoms with van der Waals surface area (Å²) in [7, 11) is 0. The Bertz CT molecular complexity index is 897. The Morgan fingerprint density at radius 3 is 2.53 bits per heavy atom. The number of rotatable bonds is 8. The summed E-state index contributed by atoms with van der Waals surface area (Å²) < 4.78 is 5.52. The van der Waals surface area contributed by atoms with Gasteiger partial charge in [0, 0.05) is 48.9 Å². The van der Waals surface area contributed by atoms with Crippen molar-refractivity contribution < 1.29 is 14.3 Å². The summed E-state index contributed by atoms with van der Waals surface area (Å²) in [6.07, 6.45) is 7.42. The number of ketones is 1. The Morgan fingerprint density at radius 1 is 1.20 bits per heavy atom. The molecule has 0 radical (unpaired) electrons. The molecule has 2 aromatic heterocycles. The van der Waals surface area contributed by atoms with Gasteiger partial charge in [0.2, 0.25) is 0 Å². The molecule has 1 fully saturated rings. The predicted molar refractivity (Wildman–Crippen MR) is 118 cm³/mol. The molecular formula is C24H31N3O3. The van der Waals surface area contributed by atoms with Crippen molar-refractivity contribution in [3.05, 3.63) is 35.8 Å². The number of pyridine rings is 2. The second-order valence-electron chi connectivity index (χ2n) is 8.67. The van der Waals surface area contributed by atoms with Crippen LogP contribution in [-0.2, 0) is 16.0 Å². The first-order chi connectivity index (χ1) is 14.3. The van der Waals surface area contributed by atoms with Crippen molar-refractivity contribution in [2.45, 2.75) is 53.4 Å². The number of hydrogen-bond donors (Lipinski definition) is 0. The van der Waals surface area contributed by atoms with Crippen molar-refractivity contribution in [3.8, 4) is 17.0 Å². The van der Waals surface area contributed by atoms with Gasteiger partial charge in [-0.25, -0.2) is 0 Å². The minimum atomic E-state index is 0.0515. The highest BCUT2D eigenvalue weighted by atomic mass is 16.5. The average molecular weight is 410 g/mol. The van der Waals surface area contributed by atoms with E-state index in [-0.39, 0.29) is 12.4 Å². The fourth-order valence-corrected chi connectivity index (χ4v) is 3.74. The van der Waals surface area contributed by atoms with Crippen LogP contribution in [0.5, 0.6) is 5.75 Å². The zero-order valence-electron chi connectivity index (χ0n) is 18.4. The average Bonchev–Trinajstić information content (AvgIpc) is 2.74. The van der Waals surface area contributed by atoms with E-state index in [2.05, 4.69) is 28.7 Å². The first-order valence-electron chi connectivity index (χ1n) is 10.6. The van der Waals surface area contributed by atoms with Gasteiger partial charge in [-0.3, -0.25) is 14.8 Å². The van der Waals surface area contributed by atoms with E-state index >= 15 is 0 Å². The van der Waals surface area contributed by atoms with Gasteiger partial charge in [0.25, 0.3) is 0 Å². The Balaban J connectivity index is 1.95. The molecule has 30 heavy (non-hydrogen) atoms. The quantitative estimate of drug-likeness (QED) is 0.609. The van der Waals surface area contributed by atoms with Crippen LogP contribution < -0.4 is 9.64 Å². The van der Waals surface area contributed by atoms with Crippen LogP contribution in [-0.4, -0.2) is 41.7 Å². The van der Waals surface area contributed by atoms with Gasteiger partial charge in [0.05, 0.1) is 17.6 Å². The van der Waals surface area contributed by atoms with E-state index in [1.54, 1.807) is 6.20 Å². The number of piperidine rings is 1. The number of aryl methyl sites for hydroxylation is 1. The first-order valence-corrected chi connectivity index (χ1v) is 10.6. The van der Waals surface area contributed by atoms with E-state index in [1.807, 2.05) is 32.2 Å². The second-order valence-corrected chi connectivity index (χ2v) is 8.67. The van der Waals surface area contributed by atoms with Crippen molar-refractivity contribution in [1.82, 2.24) is 9.97 Å². The van der Waals surface area contributed by atoms with Crippen LogP contribution in [0, 0.1) is 12.3 Å². The molecule has 0 N–H and O–H groups in total. The van der Waals surface area contributed by atoms with Crippen molar-refractivity contribution in [2.24, 2.45) is 5.41 Å². The molecule has 3 heterocycles. The number of carbonyl (C=O) groups is 2. The summed E-state index contributed by atoms with van der Waals surface area (Å²) in [5, 5.41) is 0. The lowest BCUT2D eigenvalue weighted by atomic mass is 9.82. The van der Waals surface area contributed by atoms with Crippen molar-refractivity contribution in [1.29, 1.82) is 0 Å². The molecule has 0 aromatic carbocycles. The maximum atomic E-state index is 11.5. The van der Waals surface area contributed by atoms with Gasteiger partial charge in [0.1, 0.15) is 18.6 Å². The number of nitrogens with zero attached hydrogens (tertiary/aromatic N) is 3. The highest BCUT2D eigenvalue weighted by molar-refractivity contribution is 5.81.